The first-order chi connectivity index (χ1) is 17.5. The Balaban J connectivity index is 3.12. The predicted molar refractivity (Wildman–Crippen MR) is 138 cm³/mol. The van der Waals surface area contributed by atoms with Crippen molar-refractivity contribution in [2.75, 3.05) is 6.54 Å². The molecule has 0 spiro atoms. The highest BCUT2D eigenvalue weighted by Crippen LogP contribution is 2.08. The van der Waals surface area contributed by atoms with Gasteiger partial charge in [0, 0.05) is 12.8 Å². The number of hydrogen-bond acceptors (Lipinski definition) is 7. The smallest absolute Gasteiger partial charge is 0.326 e. The Morgan fingerprint density at radius 3 is 1.95 bits per heavy atom. The summed E-state index contributed by atoms with van der Waals surface area (Å²) in [5.41, 5.74) is 17.3. The number of hydrogen-bond donors (Lipinski definition) is 7. The number of rotatable bonds is 17. The molecule has 1 aromatic rings. The lowest BCUT2D eigenvalue weighted by molar-refractivity contribution is -0.142. The van der Waals surface area contributed by atoms with Gasteiger partial charge in [0.05, 0.1) is 6.04 Å². The molecule has 12 heteroatoms. The second kappa shape index (κ2) is 16.3. The van der Waals surface area contributed by atoms with Crippen LogP contribution >= 0.6 is 0 Å². The zero-order valence-electron chi connectivity index (χ0n) is 21.4. The Kier molecular flexibility index (Phi) is 13.9. The average molecular weight is 521 g/mol. The Morgan fingerprint density at radius 2 is 1.41 bits per heavy atom. The second-order valence-electron chi connectivity index (χ2n) is 9.27. The summed E-state index contributed by atoms with van der Waals surface area (Å²) in [6.45, 7) is 3.98. The number of nitrogens with one attached hydrogen (secondary N) is 3. The van der Waals surface area contributed by atoms with Crippen LogP contribution in [0.1, 0.15) is 51.5 Å². The molecular formula is C25H40N6O6. The molecule has 206 valence electrons. The molecule has 0 aromatic heterocycles. The molecule has 1 rings (SSSR count). The van der Waals surface area contributed by atoms with Gasteiger partial charge >= 0.3 is 5.97 Å². The van der Waals surface area contributed by atoms with Gasteiger partial charge in [-0.1, -0.05) is 44.2 Å². The number of nitrogens with two attached hydrogens (primary N) is 3. The third-order valence-corrected chi connectivity index (χ3v) is 5.81. The Hall–Kier alpha value is -3.51. The molecular weight excluding hydrogens is 480 g/mol. The number of carboxylic acids is 1. The molecule has 0 saturated carbocycles. The van der Waals surface area contributed by atoms with Crippen LogP contribution in [0.25, 0.3) is 0 Å². The molecule has 0 heterocycles. The van der Waals surface area contributed by atoms with Gasteiger partial charge in [0.15, 0.2) is 0 Å². The van der Waals surface area contributed by atoms with Crippen LogP contribution < -0.4 is 33.2 Å². The van der Waals surface area contributed by atoms with E-state index in [2.05, 4.69) is 16.0 Å². The predicted octanol–water partition coefficient (Wildman–Crippen LogP) is -0.854. The van der Waals surface area contributed by atoms with Gasteiger partial charge in [0.2, 0.25) is 23.6 Å². The van der Waals surface area contributed by atoms with E-state index >= 15 is 0 Å². The summed E-state index contributed by atoms with van der Waals surface area (Å²) < 4.78 is 0. The highest BCUT2D eigenvalue weighted by Gasteiger charge is 2.31. The number of aliphatic carboxylic acids is 1. The lowest BCUT2D eigenvalue weighted by Gasteiger charge is -2.26. The van der Waals surface area contributed by atoms with Gasteiger partial charge in [0.25, 0.3) is 0 Å². The molecule has 4 amide bonds. The van der Waals surface area contributed by atoms with Crippen molar-refractivity contribution in [3.8, 4) is 0 Å². The normalized spacial score (nSPS) is 14.2. The van der Waals surface area contributed by atoms with E-state index in [1.54, 1.807) is 44.2 Å². The van der Waals surface area contributed by atoms with E-state index in [1.807, 2.05) is 0 Å². The van der Waals surface area contributed by atoms with Gasteiger partial charge in [-0.05, 0) is 43.7 Å². The summed E-state index contributed by atoms with van der Waals surface area (Å²) in [6.07, 6.45) is 1.08. The molecule has 12 nitrogen and oxygen atoms in total. The lowest BCUT2D eigenvalue weighted by atomic mass is 10.0. The first-order valence-electron chi connectivity index (χ1n) is 12.4. The molecule has 37 heavy (non-hydrogen) atoms. The Labute approximate surface area is 217 Å². The van der Waals surface area contributed by atoms with Gasteiger partial charge in [0.1, 0.15) is 18.1 Å². The van der Waals surface area contributed by atoms with Crippen LogP contribution in [0.5, 0.6) is 0 Å². The summed E-state index contributed by atoms with van der Waals surface area (Å²) in [7, 11) is 0. The van der Waals surface area contributed by atoms with Crippen molar-refractivity contribution in [3.63, 3.8) is 0 Å². The number of amides is 4. The molecule has 4 atom stereocenters. The molecule has 0 fully saturated rings. The van der Waals surface area contributed by atoms with Crippen LogP contribution in [0.3, 0.4) is 0 Å². The zero-order chi connectivity index (χ0) is 28.0. The average Bonchev–Trinajstić information content (AvgIpc) is 2.85. The summed E-state index contributed by atoms with van der Waals surface area (Å²) >= 11 is 0. The molecule has 10 N–H and O–H groups in total. The summed E-state index contributed by atoms with van der Waals surface area (Å²) in [5, 5.41) is 17.2. The fourth-order valence-electron chi connectivity index (χ4n) is 3.48. The molecule has 0 aliphatic rings. The van der Waals surface area contributed by atoms with Crippen LogP contribution in [0.15, 0.2) is 30.3 Å². The lowest BCUT2D eigenvalue weighted by Crippen LogP contribution is -2.58. The number of primary amides is 1. The Morgan fingerprint density at radius 1 is 0.838 bits per heavy atom. The number of unbranched alkanes of at least 4 members (excludes halogenated alkanes) is 1. The van der Waals surface area contributed by atoms with Crippen molar-refractivity contribution in [3.05, 3.63) is 35.9 Å². The number of carbonyl (C=O) groups is 5. The third kappa shape index (κ3) is 11.8. The highest BCUT2D eigenvalue weighted by molar-refractivity contribution is 5.94. The summed E-state index contributed by atoms with van der Waals surface area (Å²) in [5.74, 6) is -4.05. The van der Waals surface area contributed by atoms with E-state index in [1.165, 1.54) is 0 Å². The fraction of sp³-hybridized carbons (Fsp3) is 0.560. The third-order valence-electron chi connectivity index (χ3n) is 5.81. The highest BCUT2D eigenvalue weighted by atomic mass is 16.4. The molecule has 1 aromatic carbocycles. The zero-order valence-corrected chi connectivity index (χ0v) is 21.4. The first kappa shape index (κ1) is 31.5. The van der Waals surface area contributed by atoms with Crippen LogP contribution in [-0.4, -0.2) is 65.4 Å². The summed E-state index contributed by atoms with van der Waals surface area (Å²) in [6, 6.07) is 4.52. The van der Waals surface area contributed by atoms with Gasteiger partial charge in [-0.15, -0.1) is 0 Å². The van der Waals surface area contributed by atoms with Crippen LogP contribution in [0.4, 0.5) is 0 Å². The van der Waals surface area contributed by atoms with Crippen molar-refractivity contribution in [1.82, 2.24) is 16.0 Å². The minimum absolute atomic E-state index is 0.0650. The largest absolute Gasteiger partial charge is 0.480 e. The summed E-state index contributed by atoms with van der Waals surface area (Å²) in [4.78, 5) is 61.7. The van der Waals surface area contributed by atoms with Crippen molar-refractivity contribution in [1.29, 1.82) is 0 Å². The number of carboxylic acid groups (broad SMARTS) is 1. The quantitative estimate of drug-likeness (QED) is 0.128. The molecule has 4 unspecified atom stereocenters. The van der Waals surface area contributed by atoms with E-state index in [9.17, 15) is 29.1 Å². The maximum atomic E-state index is 13.2. The van der Waals surface area contributed by atoms with Gasteiger partial charge in [-0.2, -0.15) is 0 Å². The minimum Gasteiger partial charge on any atom is -0.480 e. The molecule has 0 bridgehead atoms. The van der Waals surface area contributed by atoms with Gasteiger partial charge in [-0.25, -0.2) is 4.79 Å². The topological polar surface area (TPSA) is 220 Å². The van der Waals surface area contributed by atoms with E-state index in [-0.39, 0.29) is 31.6 Å². The maximum absolute atomic E-state index is 13.2. The van der Waals surface area contributed by atoms with Crippen LogP contribution in [0, 0.1) is 5.92 Å². The van der Waals surface area contributed by atoms with Crippen LogP contribution in [-0.2, 0) is 30.4 Å². The van der Waals surface area contributed by atoms with Gasteiger partial charge in [-0.3, -0.25) is 19.2 Å². The van der Waals surface area contributed by atoms with E-state index in [0.29, 0.717) is 19.4 Å². The van der Waals surface area contributed by atoms with Crippen molar-refractivity contribution >= 4 is 29.6 Å². The van der Waals surface area contributed by atoms with Gasteiger partial charge < -0.3 is 38.3 Å². The van der Waals surface area contributed by atoms with Crippen molar-refractivity contribution in [2.45, 2.75) is 76.5 Å². The number of benzene rings is 1. The van der Waals surface area contributed by atoms with E-state index < -0.39 is 53.8 Å². The van der Waals surface area contributed by atoms with Crippen molar-refractivity contribution < 1.29 is 29.1 Å². The van der Waals surface area contributed by atoms with Crippen LogP contribution in [0.2, 0.25) is 0 Å². The molecule has 0 saturated heterocycles. The standard InChI is InChI=1S/C25H40N6O6/c1-15(2)21(28)24(35)29-17(10-6-7-13-26)22(33)31-19(14-16-8-4-3-5-9-16)23(34)30-18(25(36)37)11-12-20(27)32/h3-5,8-9,15,17-19,21H,6-7,10-14,26,28H2,1-2H3,(H2,27,32)(H,29,35)(H,30,34)(H,31,33)(H,36,37). The second-order valence-corrected chi connectivity index (χ2v) is 9.27. The molecule has 0 aliphatic heterocycles. The Bertz CT molecular complexity index is 910. The number of carbonyl (C=O) groups excluding carboxylic acids is 4. The van der Waals surface area contributed by atoms with E-state index in [0.717, 1.165) is 5.56 Å². The fourth-order valence-corrected chi connectivity index (χ4v) is 3.48. The molecule has 0 radical (unpaired) electrons. The first-order valence-corrected chi connectivity index (χ1v) is 12.4. The van der Waals surface area contributed by atoms with E-state index in [4.69, 9.17) is 17.2 Å². The molecule has 0 aliphatic carbocycles. The maximum Gasteiger partial charge on any atom is 0.326 e. The van der Waals surface area contributed by atoms with Crippen molar-refractivity contribution in [2.24, 2.45) is 23.1 Å². The monoisotopic (exact) mass is 520 g/mol. The minimum atomic E-state index is -1.38. The SMILES string of the molecule is CC(C)C(N)C(=O)NC(CCCCN)C(=O)NC(Cc1ccccc1)C(=O)NC(CCC(N)=O)C(=O)O.